The molecule has 8 nitrogen and oxygen atoms in total. The van der Waals surface area contributed by atoms with Gasteiger partial charge in [-0.25, -0.2) is 9.78 Å². The highest BCUT2D eigenvalue weighted by Gasteiger charge is 2.20. The van der Waals surface area contributed by atoms with E-state index in [2.05, 4.69) is 5.32 Å². The Balaban J connectivity index is 1.51. The van der Waals surface area contributed by atoms with Gasteiger partial charge >= 0.3 is 5.97 Å². The number of thiophene rings is 1. The monoisotopic (exact) mass is 503 g/mol. The SMILES string of the molecule is O=C(CSc1nc2scc(-c3ccco3)c2c(=O)n1-c1ccccc1)Nc1ccccc1C(=O)O. The van der Waals surface area contributed by atoms with Crippen molar-refractivity contribution < 1.29 is 19.1 Å². The fourth-order valence-corrected chi connectivity index (χ4v) is 5.36. The summed E-state index contributed by atoms with van der Waals surface area (Å²) in [7, 11) is 0. The molecule has 0 saturated heterocycles. The number of amides is 1. The van der Waals surface area contributed by atoms with Gasteiger partial charge in [0.05, 0.1) is 34.3 Å². The molecule has 3 heterocycles. The summed E-state index contributed by atoms with van der Waals surface area (Å²) < 4.78 is 6.99. The van der Waals surface area contributed by atoms with Crippen LogP contribution in [-0.4, -0.2) is 32.3 Å². The van der Waals surface area contributed by atoms with Crippen LogP contribution in [0, 0.1) is 0 Å². The Bertz CT molecular complexity index is 1590. The quantitative estimate of drug-likeness (QED) is 0.234. The summed E-state index contributed by atoms with van der Waals surface area (Å²) >= 11 is 2.42. The molecular weight excluding hydrogens is 486 g/mol. The molecule has 1 amide bonds. The third-order valence-corrected chi connectivity index (χ3v) is 6.95. The predicted octanol–water partition coefficient (Wildman–Crippen LogP) is 5.14. The molecular formula is C25H17N3O5S2. The fraction of sp³-hybridized carbons (Fsp3) is 0.0400. The minimum absolute atomic E-state index is 0.00405. The molecule has 0 unspecified atom stereocenters. The van der Waals surface area contributed by atoms with Crippen LogP contribution in [-0.2, 0) is 4.79 Å². The van der Waals surface area contributed by atoms with Crippen LogP contribution < -0.4 is 10.9 Å². The molecule has 3 aromatic heterocycles. The van der Waals surface area contributed by atoms with Crippen LogP contribution >= 0.6 is 23.1 Å². The zero-order valence-corrected chi connectivity index (χ0v) is 19.6. The molecule has 0 saturated carbocycles. The average molecular weight is 504 g/mol. The number of anilines is 1. The number of rotatable bonds is 7. The third-order valence-electron chi connectivity index (χ3n) is 5.14. The second-order valence-electron chi connectivity index (χ2n) is 7.36. The molecule has 2 aromatic carbocycles. The third kappa shape index (κ3) is 4.48. The summed E-state index contributed by atoms with van der Waals surface area (Å²) in [6, 6.07) is 18.8. The lowest BCUT2D eigenvalue weighted by Gasteiger charge is -2.13. The zero-order chi connectivity index (χ0) is 24.4. The van der Waals surface area contributed by atoms with Gasteiger partial charge in [0.25, 0.3) is 5.56 Å². The summed E-state index contributed by atoms with van der Waals surface area (Å²) in [5, 5.41) is 14.6. The number of furan rings is 1. The van der Waals surface area contributed by atoms with E-state index in [1.54, 1.807) is 42.7 Å². The summed E-state index contributed by atoms with van der Waals surface area (Å²) in [5.41, 5.74) is 1.21. The number of carbonyl (C=O) groups excluding carboxylic acids is 1. The van der Waals surface area contributed by atoms with Crippen LogP contribution in [0.1, 0.15) is 10.4 Å². The van der Waals surface area contributed by atoms with Gasteiger partial charge in [-0.3, -0.25) is 14.2 Å². The lowest BCUT2D eigenvalue weighted by atomic mass is 10.2. The second-order valence-corrected chi connectivity index (χ2v) is 9.17. The second kappa shape index (κ2) is 9.61. The number of fused-ring (bicyclic) bond motifs is 1. The van der Waals surface area contributed by atoms with Gasteiger partial charge in [-0.05, 0) is 36.4 Å². The van der Waals surface area contributed by atoms with Crippen molar-refractivity contribution in [1.29, 1.82) is 0 Å². The lowest BCUT2D eigenvalue weighted by Crippen LogP contribution is -2.23. The minimum atomic E-state index is -1.14. The van der Waals surface area contributed by atoms with Crippen LogP contribution in [0.2, 0.25) is 0 Å². The summed E-state index contributed by atoms with van der Waals surface area (Å²) in [5.74, 6) is -1.05. The minimum Gasteiger partial charge on any atom is -0.478 e. The highest BCUT2D eigenvalue weighted by atomic mass is 32.2. The normalized spacial score (nSPS) is 11.0. The van der Waals surface area contributed by atoms with Crippen molar-refractivity contribution in [3.05, 3.63) is 94.3 Å². The first-order valence-electron chi connectivity index (χ1n) is 10.4. The average Bonchev–Trinajstić information content (AvgIpc) is 3.54. The maximum Gasteiger partial charge on any atom is 0.337 e. The van der Waals surface area contributed by atoms with Crippen molar-refractivity contribution in [1.82, 2.24) is 9.55 Å². The van der Waals surface area contributed by atoms with E-state index in [4.69, 9.17) is 9.40 Å². The molecule has 174 valence electrons. The molecule has 5 rings (SSSR count). The number of hydrogen-bond acceptors (Lipinski definition) is 7. The van der Waals surface area contributed by atoms with Crippen LogP contribution in [0.3, 0.4) is 0 Å². The van der Waals surface area contributed by atoms with Gasteiger partial charge in [-0.2, -0.15) is 0 Å². The van der Waals surface area contributed by atoms with Gasteiger partial charge in [0, 0.05) is 10.9 Å². The van der Waals surface area contributed by atoms with E-state index in [0.717, 1.165) is 11.8 Å². The number of hydrogen-bond donors (Lipinski definition) is 2. The van der Waals surface area contributed by atoms with Gasteiger partial charge < -0.3 is 14.8 Å². The molecule has 2 N–H and O–H groups in total. The Morgan fingerprint density at radius 3 is 2.57 bits per heavy atom. The molecule has 0 radical (unpaired) electrons. The lowest BCUT2D eigenvalue weighted by molar-refractivity contribution is -0.113. The van der Waals surface area contributed by atoms with Crippen molar-refractivity contribution in [2.24, 2.45) is 0 Å². The topological polar surface area (TPSA) is 114 Å². The Hall–Kier alpha value is -4.15. The molecule has 0 aliphatic rings. The number of para-hydroxylation sites is 2. The zero-order valence-electron chi connectivity index (χ0n) is 18.0. The van der Waals surface area contributed by atoms with Crippen molar-refractivity contribution in [2.75, 3.05) is 11.1 Å². The van der Waals surface area contributed by atoms with Gasteiger partial charge in [-0.1, -0.05) is 42.1 Å². The molecule has 35 heavy (non-hydrogen) atoms. The molecule has 0 atom stereocenters. The van der Waals surface area contributed by atoms with Crippen LogP contribution in [0.5, 0.6) is 0 Å². The molecule has 0 aliphatic carbocycles. The summed E-state index contributed by atoms with van der Waals surface area (Å²) in [4.78, 5) is 43.0. The van der Waals surface area contributed by atoms with Gasteiger partial charge in [0.15, 0.2) is 5.16 Å². The number of aromatic carboxylic acids is 1. The van der Waals surface area contributed by atoms with E-state index in [-0.39, 0.29) is 22.6 Å². The molecule has 0 aliphatic heterocycles. The Morgan fingerprint density at radius 2 is 1.83 bits per heavy atom. The predicted molar refractivity (Wildman–Crippen MR) is 136 cm³/mol. The van der Waals surface area contributed by atoms with Gasteiger partial charge in [-0.15, -0.1) is 11.3 Å². The van der Waals surface area contributed by atoms with E-state index in [1.165, 1.54) is 28.0 Å². The molecule has 0 bridgehead atoms. The number of carboxylic acid groups (broad SMARTS) is 1. The van der Waals surface area contributed by atoms with E-state index < -0.39 is 11.9 Å². The number of carboxylic acids is 1. The molecule has 5 aromatic rings. The van der Waals surface area contributed by atoms with E-state index in [9.17, 15) is 19.5 Å². The van der Waals surface area contributed by atoms with E-state index in [0.29, 0.717) is 32.4 Å². The van der Waals surface area contributed by atoms with Crippen molar-refractivity contribution in [3.63, 3.8) is 0 Å². The first-order chi connectivity index (χ1) is 17.0. The molecule has 0 fully saturated rings. The van der Waals surface area contributed by atoms with Gasteiger partial charge in [0.1, 0.15) is 10.6 Å². The van der Waals surface area contributed by atoms with Gasteiger partial charge in [0.2, 0.25) is 5.91 Å². The summed E-state index contributed by atoms with van der Waals surface area (Å²) in [6.07, 6.45) is 1.55. The molecule has 10 heteroatoms. The number of carbonyl (C=O) groups is 2. The van der Waals surface area contributed by atoms with Crippen LogP contribution in [0.4, 0.5) is 5.69 Å². The largest absolute Gasteiger partial charge is 0.478 e. The van der Waals surface area contributed by atoms with E-state index in [1.807, 2.05) is 23.6 Å². The maximum atomic E-state index is 13.7. The summed E-state index contributed by atoms with van der Waals surface area (Å²) in [6.45, 7) is 0. The van der Waals surface area contributed by atoms with Crippen LogP contribution in [0.15, 0.2) is 92.7 Å². The number of nitrogens with one attached hydrogen (secondary N) is 1. The highest BCUT2D eigenvalue weighted by Crippen LogP contribution is 2.33. The van der Waals surface area contributed by atoms with Crippen molar-refractivity contribution >= 4 is 50.9 Å². The standard InChI is InChI=1S/C25H17N3O5S2/c29-20(26-18-10-5-4-9-16(18)24(31)32)14-35-25-27-22-21(17(13-34-22)19-11-6-12-33-19)23(30)28(25)15-7-2-1-3-8-15/h1-13H,14H2,(H,26,29)(H,31,32). The first-order valence-corrected chi connectivity index (χ1v) is 12.3. The number of thioether (sulfide) groups is 1. The smallest absolute Gasteiger partial charge is 0.337 e. The number of aromatic nitrogens is 2. The maximum absolute atomic E-state index is 13.7. The Morgan fingerprint density at radius 1 is 1.06 bits per heavy atom. The van der Waals surface area contributed by atoms with Crippen LogP contribution in [0.25, 0.3) is 27.2 Å². The molecule has 0 spiro atoms. The van der Waals surface area contributed by atoms with Crippen molar-refractivity contribution in [3.8, 4) is 17.0 Å². The number of benzene rings is 2. The first kappa shape index (κ1) is 22.6. The Labute approximate surface area is 206 Å². The van der Waals surface area contributed by atoms with Crippen molar-refractivity contribution in [2.45, 2.75) is 5.16 Å². The number of nitrogens with zero attached hydrogens (tertiary/aromatic N) is 2. The fourth-order valence-electron chi connectivity index (χ4n) is 3.58. The highest BCUT2D eigenvalue weighted by molar-refractivity contribution is 7.99. The van der Waals surface area contributed by atoms with E-state index >= 15 is 0 Å². The Kier molecular flexibility index (Phi) is 6.21.